The van der Waals surface area contributed by atoms with Crippen LogP contribution in [-0.2, 0) is 9.53 Å². The van der Waals surface area contributed by atoms with Crippen molar-refractivity contribution in [3.05, 3.63) is 57.6 Å². The van der Waals surface area contributed by atoms with Crippen LogP contribution in [0.3, 0.4) is 0 Å². The number of carbonyl (C=O) groups is 1. The fourth-order valence-electron chi connectivity index (χ4n) is 2.55. The Morgan fingerprint density at radius 2 is 1.97 bits per heavy atom. The highest BCUT2D eigenvalue weighted by atomic mass is 35.5. The number of nitrogens with zero attached hydrogens (tertiary/aromatic N) is 1. The van der Waals surface area contributed by atoms with E-state index < -0.39 is 12.0 Å². The molecule has 0 bridgehead atoms. The zero-order valence-electron chi connectivity index (χ0n) is 15.6. The zero-order chi connectivity index (χ0) is 21.4. The Hall–Kier alpha value is -2.68. The van der Waals surface area contributed by atoms with Gasteiger partial charge in [-0.25, -0.2) is 4.79 Å². The Balaban J connectivity index is 2.45. The maximum atomic E-state index is 12.7. The van der Waals surface area contributed by atoms with Gasteiger partial charge in [-0.1, -0.05) is 28.4 Å². The highest BCUT2D eigenvalue weighted by Gasteiger charge is 2.27. The number of hydrogen-bond acceptors (Lipinski definition) is 7. The number of ether oxygens (including phenoxy) is 2. The Kier molecular flexibility index (Phi) is 8.38. The summed E-state index contributed by atoms with van der Waals surface area (Å²) in [6.45, 7) is 1.61. The van der Waals surface area contributed by atoms with E-state index in [1.54, 1.807) is 37.3 Å². The standard InChI is InChI=1S/C19H21Cl2N3O5/c1-2-28-19(26)16(23-13-5-3-11(4-6-13)18(22)24-27)14-9-12(20)10-15(21)17(14)29-8-7-25/h3-6,9-10,16,23,25,27H,2,7-8H2,1H3,(H2,22,24). The van der Waals surface area contributed by atoms with Crippen molar-refractivity contribution >= 4 is 40.7 Å². The number of halogens is 2. The van der Waals surface area contributed by atoms with Crippen LogP contribution in [0.4, 0.5) is 5.69 Å². The normalized spacial score (nSPS) is 12.3. The van der Waals surface area contributed by atoms with E-state index in [0.717, 1.165) is 0 Å². The lowest BCUT2D eigenvalue weighted by Gasteiger charge is -2.22. The molecule has 0 aliphatic heterocycles. The van der Waals surface area contributed by atoms with Gasteiger partial charge in [-0.05, 0) is 43.3 Å². The average Bonchev–Trinajstić information content (AvgIpc) is 2.71. The number of nitrogens with one attached hydrogen (secondary N) is 1. The number of benzene rings is 2. The molecule has 0 aromatic heterocycles. The van der Waals surface area contributed by atoms with Gasteiger partial charge in [0.05, 0.1) is 18.2 Å². The fraction of sp³-hybridized carbons (Fsp3) is 0.263. The van der Waals surface area contributed by atoms with Crippen molar-refractivity contribution in [3.8, 4) is 5.75 Å². The van der Waals surface area contributed by atoms with Crippen LogP contribution in [0.5, 0.6) is 5.75 Å². The minimum absolute atomic E-state index is 0.0155. The molecule has 0 spiro atoms. The summed E-state index contributed by atoms with van der Waals surface area (Å²) in [6.07, 6.45) is 0. The molecule has 8 nitrogen and oxygen atoms in total. The first kappa shape index (κ1) is 22.6. The Labute approximate surface area is 177 Å². The van der Waals surface area contributed by atoms with Crippen LogP contribution < -0.4 is 15.8 Å². The SMILES string of the molecule is CCOC(=O)C(Nc1ccc(C(N)=NO)cc1)c1cc(Cl)cc(Cl)c1OCCO. The first-order chi connectivity index (χ1) is 13.9. The van der Waals surface area contributed by atoms with Gasteiger partial charge >= 0.3 is 5.97 Å². The van der Waals surface area contributed by atoms with E-state index in [9.17, 15) is 4.79 Å². The molecule has 5 N–H and O–H groups in total. The van der Waals surface area contributed by atoms with E-state index in [1.165, 1.54) is 6.07 Å². The van der Waals surface area contributed by atoms with E-state index in [4.69, 9.17) is 48.7 Å². The minimum atomic E-state index is -0.991. The van der Waals surface area contributed by atoms with Gasteiger partial charge in [0.2, 0.25) is 0 Å². The Morgan fingerprint density at radius 3 is 2.55 bits per heavy atom. The van der Waals surface area contributed by atoms with E-state index in [0.29, 0.717) is 21.8 Å². The van der Waals surface area contributed by atoms with Gasteiger partial charge < -0.3 is 30.8 Å². The summed E-state index contributed by atoms with van der Waals surface area (Å²) in [6, 6.07) is 8.57. The molecule has 156 valence electrons. The number of rotatable bonds is 9. The summed E-state index contributed by atoms with van der Waals surface area (Å²) >= 11 is 12.4. The van der Waals surface area contributed by atoms with E-state index >= 15 is 0 Å². The van der Waals surface area contributed by atoms with Gasteiger partial charge in [0, 0.05) is 21.8 Å². The van der Waals surface area contributed by atoms with Gasteiger partial charge in [0.25, 0.3) is 0 Å². The van der Waals surface area contributed by atoms with Crippen molar-refractivity contribution in [1.82, 2.24) is 0 Å². The predicted molar refractivity (Wildman–Crippen MR) is 111 cm³/mol. The number of aliphatic hydroxyl groups is 1. The van der Waals surface area contributed by atoms with Crippen LogP contribution in [0.15, 0.2) is 41.6 Å². The lowest BCUT2D eigenvalue weighted by molar-refractivity contribution is -0.144. The number of amidine groups is 1. The molecule has 29 heavy (non-hydrogen) atoms. The van der Waals surface area contributed by atoms with Crippen molar-refractivity contribution in [1.29, 1.82) is 0 Å². The van der Waals surface area contributed by atoms with Crippen molar-refractivity contribution in [2.75, 3.05) is 25.1 Å². The van der Waals surface area contributed by atoms with E-state index in [-0.39, 0.29) is 36.4 Å². The van der Waals surface area contributed by atoms with Crippen LogP contribution in [-0.4, -0.2) is 41.9 Å². The van der Waals surface area contributed by atoms with Crippen molar-refractivity contribution in [3.63, 3.8) is 0 Å². The summed E-state index contributed by atoms with van der Waals surface area (Å²) in [7, 11) is 0. The van der Waals surface area contributed by atoms with E-state index in [2.05, 4.69) is 10.5 Å². The molecule has 10 heteroatoms. The summed E-state index contributed by atoms with van der Waals surface area (Å²) < 4.78 is 10.7. The Morgan fingerprint density at radius 1 is 1.28 bits per heavy atom. The number of aliphatic hydroxyl groups excluding tert-OH is 1. The van der Waals surface area contributed by atoms with Gasteiger partial charge in [-0.3, -0.25) is 0 Å². The maximum Gasteiger partial charge on any atom is 0.333 e. The van der Waals surface area contributed by atoms with Crippen LogP contribution in [0.2, 0.25) is 10.0 Å². The molecule has 2 aromatic carbocycles. The molecule has 0 amide bonds. The summed E-state index contributed by atoms with van der Waals surface area (Å²) in [4.78, 5) is 12.7. The van der Waals surface area contributed by atoms with Crippen LogP contribution in [0, 0.1) is 0 Å². The second kappa shape index (κ2) is 10.8. The highest BCUT2D eigenvalue weighted by molar-refractivity contribution is 6.35. The molecular weight excluding hydrogens is 421 g/mol. The molecule has 0 heterocycles. The highest BCUT2D eigenvalue weighted by Crippen LogP contribution is 2.38. The largest absolute Gasteiger partial charge is 0.489 e. The molecule has 0 aliphatic rings. The number of nitrogens with two attached hydrogens (primary N) is 1. The van der Waals surface area contributed by atoms with Crippen LogP contribution >= 0.6 is 23.2 Å². The van der Waals surface area contributed by atoms with Gasteiger partial charge in [0.1, 0.15) is 12.4 Å². The first-order valence-corrected chi connectivity index (χ1v) is 9.40. The monoisotopic (exact) mass is 441 g/mol. The molecule has 1 atom stereocenters. The molecule has 0 fully saturated rings. The van der Waals surface area contributed by atoms with Crippen molar-refractivity contribution in [2.24, 2.45) is 10.9 Å². The second-order valence-electron chi connectivity index (χ2n) is 5.77. The Bertz CT molecular complexity index is 875. The topological polar surface area (TPSA) is 126 Å². The number of hydrogen-bond donors (Lipinski definition) is 4. The molecule has 1 unspecified atom stereocenters. The summed E-state index contributed by atoms with van der Waals surface area (Å²) in [5.74, 6) is -0.399. The van der Waals surface area contributed by atoms with Crippen molar-refractivity contribution < 1.29 is 24.6 Å². The van der Waals surface area contributed by atoms with Gasteiger partial charge in [-0.2, -0.15) is 0 Å². The predicted octanol–water partition coefficient (Wildman–Crippen LogP) is 3.18. The molecule has 0 saturated carbocycles. The third kappa shape index (κ3) is 5.90. The van der Waals surface area contributed by atoms with Crippen LogP contribution in [0.25, 0.3) is 0 Å². The lowest BCUT2D eigenvalue weighted by Crippen LogP contribution is -2.24. The fourth-order valence-corrected chi connectivity index (χ4v) is 3.11. The van der Waals surface area contributed by atoms with Crippen molar-refractivity contribution in [2.45, 2.75) is 13.0 Å². The third-order valence-corrected chi connectivity index (χ3v) is 4.31. The van der Waals surface area contributed by atoms with Gasteiger partial charge in [0.15, 0.2) is 11.9 Å². The molecular formula is C19H21Cl2N3O5. The second-order valence-corrected chi connectivity index (χ2v) is 6.61. The number of oxime groups is 1. The third-order valence-electron chi connectivity index (χ3n) is 3.81. The first-order valence-electron chi connectivity index (χ1n) is 8.65. The zero-order valence-corrected chi connectivity index (χ0v) is 17.1. The molecule has 2 rings (SSSR count). The average molecular weight is 442 g/mol. The summed E-state index contributed by atoms with van der Waals surface area (Å²) in [5.41, 5.74) is 6.98. The lowest BCUT2D eigenvalue weighted by atomic mass is 10.0. The smallest absolute Gasteiger partial charge is 0.333 e. The molecule has 2 aromatic rings. The maximum absolute atomic E-state index is 12.7. The van der Waals surface area contributed by atoms with Gasteiger partial charge in [-0.15, -0.1) is 0 Å². The molecule has 0 radical (unpaired) electrons. The quantitative estimate of drug-likeness (QED) is 0.155. The molecule has 0 aliphatic carbocycles. The van der Waals surface area contributed by atoms with E-state index in [1.807, 2.05) is 0 Å². The minimum Gasteiger partial charge on any atom is -0.489 e. The number of carbonyl (C=O) groups excluding carboxylic acids is 1. The number of esters is 1. The number of anilines is 1. The molecule has 0 saturated heterocycles. The summed E-state index contributed by atoms with van der Waals surface area (Å²) in [5, 5.41) is 24.3. The van der Waals surface area contributed by atoms with Crippen LogP contribution in [0.1, 0.15) is 24.1 Å².